The lowest BCUT2D eigenvalue weighted by molar-refractivity contribution is -0.139. The Morgan fingerprint density at radius 1 is 0.971 bits per heavy atom. The van der Waals surface area contributed by atoms with E-state index in [1.165, 1.54) is 7.11 Å². The maximum atomic E-state index is 12.6. The van der Waals surface area contributed by atoms with Gasteiger partial charge in [-0.25, -0.2) is 0 Å². The van der Waals surface area contributed by atoms with E-state index < -0.39 is 5.91 Å². The molecule has 182 valence electrons. The second-order valence-corrected chi connectivity index (χ2v) is 8.32. The second-order valence-electron chi connectivity index (χ2n) is 8.32. The van der Waals surface area contributed by atoms with Gasteiger partial charge in [0.25, 0.3) is 17.7 Å². The number of methoxy groups -OCH3 is 1. The zero-order chi connectivity index (χ0) is 24.7. The normalized spacial score (nSPS) is 17.6. The van der Waals surface area contributed by atoms with E-state index in [0.29, 0.717) is 22.7 Å². The van der Waals surface area contributed by atoms with E-state index in [1.54, 1.807) is 42.5 Å². The van der Waals surface area contributed by atoms with Crippen molar-refractivity contribution < 1.29 is 28.6 Å². The Balaban J connectivity index is 1.58. The summed E-state index contributed by atoms with van der Waals surface area (Å²) in [5.41, 5.74) is 5.99. The highest BCUT2D eigenvalue weighted by Crippen LogP contribution is 2.30. The Labute approximate surface area is 199 Å². The Kier molecular flexibility index (Phi) is 8.34. The third-order valence-corrected chi connectivity index (χ3v) is 5.75. The maximum absolute atomic E-state index is 12.6. The molecule has 1 saturated heterocycles. The summed E-state index contributed by atoms with van der Waals surface area (Å²) in [5.74, 6) is 0.197. The van der Waals surface area contributed by atoms with E-state index in [0.717, 1.165) is 19.3 Å². The number of amides is 3. The van der Waals surface area contributed by atoms with Crippen LogP contribution in [0.3, 0.4) is 0 Å². The van der Waals surface area contributed by atoms with Gasteiger partial charge in [-0.3, -0.25) is 14.4 Å². The van der Waals surface area contributed by atoms with Gasteiger partial charge in [-0.05, 0) is 69.5 Å². The van der Waals surface area contributed by atoms with Gasteiger partial charge in [-0.2, -0.15) is 0 Å². The molecule has 2 unspecified atom stereocenters. The largest absolute Gasteiger partial charge is 0.493 e. The summed E-state index contributed by atoms with van der Waals surface area (Å²) in [6, 6.07) is 11.8. The van der Waals surface area contributed by atoms with Crippen molar-refractivity contribution >= 4 is 23.4 Å². The van der Waals surface area contributed by atoms with Crippen LogP contribution in [0.25, 0.3) is 0 Å². The van der Waals surface area contributed by atoms with Crippen LogP contribution in [0.15, 0.2) is 42.5 Å². The van der Waals surface area contributed by atoms with Gasteiger partial charge in [0, 0.05) is 29.4 Å². The summed E-state index contributed by atoms with van der Waals surface area (Å²) in [7, 11) is 1.47. The average Bonchev–Trinajstić information content (AvgIpc) is 2.81. The van der Waals surface area contributed by atoms with Crippen molar-refractivity contribution in [2.24, 2.45) is 5.73 Å². The minimum atomic E-state index is -0.625. The highest BCUT2D eigenvalue weighted by molar-refractivity contribution is 6.04. The van der Waals surface area contributed by atoms with Crippen LogP contribution < -0.4 is 25.3 Å². The second kappa shape index (κ2) is 11.4. The third kappa shape index (κ3) is 6.40. The smallest absolute Gasteiger partial charge is 0.260 e. The number of likely N-dealkylation sites (tertiary alicyclic amines) is 1. The van der Waals surface area contributed by atoms with Crippen molar-refractivity contribution in [1.29, 1.82) is 0 Å². The summed E-state index contributed by atoms with van der Waals surface area (Å²) in [6.07, 6.45) is 3.15. The molecule has 1 fully saturated rings. The Hall–Kier alpha value is -3.75. The first-order valence-electron chi connectivity index (χ1n) is 11.2. The van der Waals surface area contributed by atoms with Crippen LogP contribution in [0.4, 0.5) is 5.69 Å². The van der Waals surface area contributed by atoms with Gasteiger partial charge in [0.1, 0.15) is 5.75 Å². The van der Waals surface area contributed by atoms with Crippen LogP contribution >= 0.6 is 0 Å². The van der Waals surface area contributed by atoms with Gasteiger partial charge in [-0.1, -0.05) is 0 Å². The lowest BCUT2D eigenvalue weighted by atomic mass is 9.97. The highest BCUT2D eigenvalue weighted by Gasteiger charge is 2.29. The molecule has 0 radical (unpaired) electrons. The van der Waals surface area contributed by atoms with Gasteiger partial charge in [0.05, 0.1) is 7.11 Å². The Morgan fingerprint density at radius 3 is 2.26 bits per heavy atom. The molecule has 2 aromatic carbocycles. The number of piperidine rings is 1. The molecule has 2 atom stereocenters. The molecule has 2 aromatic rings. The number of carbonyl (C=O) groups excluding carboxylic acids is 3. The summed E-state index contributed by atoms with van der Waals surface area (Å²) in [6.45, 7) is 3.78. The number of primary amides is 1. The molecule has 34 heavy (non-hydrogen) atoms. The molecule has 1 heterocycles. The van der Waals surface area contributed by atoms with Gasteiger partial charge in [0.15, 0.2) is 24.7 Å². The van der Waals surface area contributed by atoms with Crippen LogP contribution in [-0.2, 0) is 9.59 Å². The van der Waals surface area contributed by atoms with Crippen molar-refractivity contribution in [2.45, 2.75) is 45.2 Å². The van der Waals surface area contributed by atoms with E-state index in [-0.39, 0.29) is 42.9 Å². The van der Waals surface area contributed by atoms with Crippen molar-refractivity contribution in [2.75, 3.05) is 25.6 Å². The number of carbonyl (C=O) groups is 3. The topological polar surface area (TPSA) is 120 Å². The molecule has 3 amide bonds. The van der Waals surface area contributed by atoms with Gasteiger partial charge in [0.2, 0.25) is 0 Å². The minimum Gasteiger partial charge on any atom is -0.493 e. The molecule has 0 aromatic heterocycles. The van der Waals surface area contributed by atoms with Gasteiger partial charge < -0.3 is 30.2 Å². The molecule has 9 heteroatoms. The first kappa shape index (κ1) is 24.9. The standard InChI is InChI=1S/C25H31N3O6/c1-16-5-4-6-17(2)28(16)24(30)15-33-20-10-7-18(8-11-20)25(31)27-19-9-12-21(32-3)22(13-19)34-14-23(26)29/h7-13,16-17H,4-6,14-15H2,1-3H3,(H2,26,29)(H,27,31). The fourth-order valence-electron chi connectivity index (χ4n) is 4.05. The average molecular weight is 470 g/mol. The minimum absolute atomic E-state index is 0.0321. The predicted molar refractivity (Wildman–Crippen MR) is 127 cm³/mol. The van der Waals surface area contributed by atoms with Crippen molar-refractivity contribution in [1.82, 2.24) is 4.90 Å². The zero-order valence-corrected chi connectivity index (χ0v) is 19.7. The molecule has 9 nitrogen and oxygen atoms in total. The number of benzene rings is 2. The number of nitrogens with one attached hydrogen (secondary N) is 1. The molecular weight excluding hydrogens is 438 g/mol. The van der Waals surface area contributed by atoms with E-state index in [4.69, 9.17) is 19.9 Å². The molecule has 3 rings (SSSR count). The number of hydrogen-bond donors (Lipinski definition) is 2. The molecule has 1 aliphatic heterocycles. The van der Waals surface area contributed by atoms with E-state index in [9.17, 15) is 14.4 Å². The van der Waals surface area contributed by atoms with Crippen molar-refractivity contribution in [3.05, 3.63) is 48.0 Å². The first-order valence-corrected chi connectivity index (χ1v) is 11.2. The van der Waals surface area contributed by atoms with Crippen LogP contribution in [0.1, 0.15) is 43.5 Å². The zero-order valence-electron chi connectivity index (χ0n) is 19.7. The Morgan fingerprint density at radius 2 is 1.65 bits per heavy atom. The summed E-state index contributed by atoms with van der Waals surface area (Å²) >= 11 is 0. The summed E-state index contributed by atoms with van der Waals surface area (Å²) < 4.78 is 16.2. The number of nitrogens with zero attached hydrogens (tertiary/aromatic N) is 1. The molecule has 3 N–H and O–H groups in total. The van der Waals surface area contributed by atoms with Crippen molar-refractivity contribution in [3.8, 4) is 17.2 Å². The third-order valence-electron chi connectivity index (χ3n) is 5.75. The van der Waals surface area contributed by atoms with Crippen LogP contribution in [0.2, 0.25) is 0 Å². The van der Waals surface area contributed by atoms with Crippen LogP contribution in [-0.4, -0.2) is 55.0 Å². The molecular formula is C25H31N3O6. The van der Waals surface area contributed by atoms with E-state index in [2.05, 4.69) is 19.2 Å². The molecule has 1 aliphatic rings. The summed E-state index contributed by atoms with van der Waals surface area (Å²) in [4.78, 5) is 38.2. The molecule has 0 saturated carbocycles. The van der Waals surface area contributed by atoms with Gasteiger partial charge >= 0.3 is 0 Å². The monoisotopic (exact) mass is 469 g/mol. The molecule has 0 spiro atoms. The lowest BCUT2D eigenvalue weighted by Crippen LogP contribution is -2.49. The molecule has 0 bridgehead atoms. The first-order chi connectivity index (χ1) is 16.3. The Bertz CT molecular complexity index is 1010. The fraction of sp³-hybridized carbons (Fsp3) is 0.400. The van der Waals surface area contributed by atoms with Gasteiger partial charge in [-0.15, -0.1) is 0 Å². The van der Waals surface area contributed by atoms with E-state index in [1.807, 2.05) is 4.90 Å². The SMILES string of the molecule is COc1ccc(NC(=O)c2ccc(OCC(=O)N3C(C)CCCC3C)cc2)cc1OCC(N)=O. The van der Waals surface area contributed by atoms with E-state index >= 15 is 0 Å². The van der Waals surface area contributed by atoms with Crippen LogP contribution in [0.5, 0.6) is 17.2 Å². The summed E-state index contributed by atoms with van der Waals surface area (Å²) in [5, 5.41) is 2.77. The number of rotatable bonds is 9. The molecule has 0 aliphatic carbocycles. The predicted octanol–water partition coefficient (Wildman–Crippen LogP) is 2.98. The quantitative estimate of drug-likeness (QED) is 0.583. The number of ether oxygens (including phenoxy) is 3. The lowest BCUT2D eigenvalue weighted by Gasteiger charge is -2.38. The van der Waals surface area contributed by atoms with Crippen LogP contribution in [0, 0.1) is 0 Å². The number of anilines is 1. The number of nitrogens with two attached hydrogens (primary N) is 1. The maximum Gasteiger partial charge on any atom is 0.260 e. The number of hydrogen-bond acceptors (Lipinski definition) is 6. The highest BCUT2D eigenvalue weighted by atomic mass is 16.5. The van der Waals surface area contributed by atoms with Crippen molar-refractivity contribution in [3.63, 3.8) is 0 Å². The fourth-order valence-corrected chi connectivity index (χ4v) is 4.05.